The van der Waals surface area contributed by atoms with Crippen LogP contribution in [0.1, 0.15) is 37.4 Å². The molecule has 2 saturated heterocycles. The van der Waals surface area contributed by atoms with E-state index in [1.165, 1.54) is 11.6 Å². The number of carbonyl (C=O) groups is 2. The van der Waals surface area contributed by atoms with Gasteiger partial charge >= 0.3 is 6.09 Å². The predicted molar refractivity (Wildman–Crippen MR) is 130 cm³/mol. The van der Waals surface area contributed by atoms with Gasteiger partial charge in [-0.2, -0.15) is 4.98 Å². The van der Waals surface area contributed by atoms with Crippen molar-refractivity contribution in [2.45, 2.75) is 38.9 Å². The van der Waals surface area contributed by atoms with Crippen molar-refractivity contribution in [1.29, 1.82) is 0 Å². The van der Waals surface area contributed by atoms with E-state index in [1.807, 2.05) is 11.8 Å². The number of nitrogens with one attached hydrogen (secondary N) is 1. The average molecular weight is 465 g/mol. The minimum absolute atomic E-state index is 0.00514. The van der Waals surface area contributed by atoms with Gasteiger partial charge in [0.25, 0.3) is 0 Å². The topological polar surface area (TPSA) is 90.9 Å². The summed E-state index contributed by atoms with van der Waals surface area (Å²) in [6, 6.07) is 10.2. The van der Waals surface area contributed by atoms with Crippen molar-refractivity contribution in [1.82, 2.24) is 19.8 Å². The zero-order chi connectivity index (χ0) is 24.1. The monoisotopic (exact) mass is 464 g/mol. The Labute approximate surface area is 200 Å². The van der Waals surface area contributed by atoms with Crippen LogP contribution in [0.2, 0.25) is 0 Å². The molecule has 1 aromatic heterocycles. The predicted octanol–water partition coefficient (Wildman–Crippen LogP) is 3.22. The Kier molecular flexibility index (Phi) is 7.42. The number of carbonyl (C=O) groups excluding carboxylic acids is 2. The first-order valence-corrected chi connectivity index (χ1v) is 11.8. The van der Waals surface area contributed by atoms with Crippen molar-refractivity contribution in [3.63, 3.8) is 0 Å². The van der Waals surface area contributed by atoms with E-state index in [0.717, 1.165) is 44.7 Å². The number of amides is 2. The first-order valence-electron chi connectivity index (χ1n) is 11.8. The van der Waals surface area contributed by atoms with E-state index >= 15 is 0 Å². The van der Waals surface area contributed by atoms with Crippen LogP contribution < -0.4 is 10.2 Å². The number of hydrogen-bond donors (Lipinski definition) is 1. The lowest BCUT2D eigenvalue weighted by Crippen LogP contribution is -2.47. The summed E-state index contributed by atoms with van der Waals surface area (Å²) in [6.07, 6.45) is 3.46. The third-order valence-corrected chi connectivity index (χ3v) is 6.41. The summed E-state index contributed by atoms with van der Waals surface area (Å²) < 4.78 is 5.18. The number of nitrogens with zero attached hydrogens (tertiary/aromatic N) is 5. The van der Waals surface area contributed by atoms with E-state index in [0.29, 0.717) is 18.4 Å². The molecule has 9 nitrogen and oxygen atoms in total. The van der Waals surface area contributed by atoms with E-state index in [-0.39, 0.29) is 24.1 Å². The fraction of sp³-hybridized carbons (Fsp3) is 0.440. The molecule has 2 fully saturated rings. The lowest BCUT2D eigenvalue weighted by Gasteiger charge is -2.34. The maximum atomic E-state index is 12.1. The van der Waals surface area contributed by atoms with Crippen LogP contribution in [0.3, 0.4) is 0 Å². The maximum absolute atomic E-state index is 12.1. The van der Waals surface area contributed by atoms with Gasteiger partial charge in [-0.05, 0) is 36.6 Å². The van der Waals surface area contributed by atoms with Gasteiger partial charge in [-0.15, -0.1) is 0 Å². The quantitative estimate of drug-likeness (QED) is 0.600. The number of cyclic esters (lactones) is 1. The smallest absolute Gasteiger partial charge is 0.415 e. The Bertz CT molecular complexity index is 1020. The van der Waals surface area contributed by atoms with Crippen molar-refractivity contribution in [3.8, 4) is 0 Å². The van der Waals surface area contributed by atoms with Crippen LogP contribution >= 0.6 is 0 Å². The highest BCUT2D eigenvalue weighted by molar-refractivity contribution is 5.89. The second-order valence-corrected chi connectivity index (χ2v) is 8.66. The normalized spacial score (nSPS) is 19.6. The number of ether oxygens (including phenoxy) is 1. The molecule has 2 amide bonds. The maximum Gasteiger partial charge on any atom is 0.415 e. The summed E-state index contributed by atoms with van der Waals surface area (Å²) in [7, 11) is 0. The third-order valence-electron chi connectivity index (χ3n) is 6.41. The van der Waals surface area contributed by atoms with Crippen molar-refractivity contribution in [2.24, 2.45) is 0 Å². The zero-order valence-electron chi connectivity index (χ0n) is 19.8. The number of piperazine rings is 1. The molecule has 0 radical (unpaired) electrons. The number of aromatic nitrogens is 2. The van der Waals surface area contributed by atoms with E-state index in [4.69, 9.17) is 4.74 Å². The Balaban J connectivity index is 1.34. The Morgan fingerprint density at radius 3 is 2.65 bits per heavy atom. The molecule has 3 heterocycles. The summed E-state index contributed by atoms with van der Waals surface area (Å²) in [6.45, 7) is 12.1. The van der Waals surface area contributed by atoms with Crippen molar-refractivity contribution in [3.05, 3.63) is 60.3 Å². The zero-order valence-corrected chi connectivity index (χ0v) is 19.8. The summed E-state index contributed by atoms with van der Waals surface area (Å²) in [5, 5.41) is 3.33. The minimum Gasteiger partial charge on any atom is -0.447 e. The standard InChI is InChI=1S/C25H32N6O3/c1-4-21-17-34-25(33)31(21)22-10-11-26-24(28-22)27-18(3)20-8-6-19(7-9-20)16-29-12-14-30(15-13-29)23(32)5-2/h5-11,18,21H,2,4,12-17H2,1,3H3,(H,26,27,28)/t18-,21-/m0/s1. The SMILES string of the molecule is C=CC(=O)N1CCN(Cc2ccc([C@H](C)Nc3nccc(N4C(=O)OC[C@@H]4CC)n3)cc2)CC1. The highest BCUT2D eigenvalue weighted by Crippen LogP contribution is 2.25. The molecule has 0 bridgehead atoms. The number of benzene rings is 1. The van der Waals surface area contributed by atoms with Crippen LogP contribution in [0.15, 0.2) is 49.2 Å². The summed E-state index contributed by atoms with van der Waals surface area (Å²) in [5.74, 6) is 1.02. The third kappa shape index (κ3) is 5.36. The molecule has 9 heteroatoms. The molecule has 2 aliphatic rings. The Hall–Kier alpha value is -3.46. The molecule has 180 valence electrons. The van der Waals surface area contributed by atoms with Crippen molar-refractivity contribution < 1.29 is 14.3 Å². The molecule has 2 aromatic rings. The average Bonchev–Trinajstić information content (AvgIpc) is 3.25. The van der Waals surface area contributed by atoms with Gasteiger partial charge in [-0.1, -0.05) is 37.8 Å². The van der Waals surface area contributed by atoms with E-state index in [9.17, 15) is 9.59 Å². The molecule has 1 aromatic carbocycles. The van der Waals surface area contributed by atoms with Crippen molar-refractivity contribution in [2.75, 3.05) is 43.0 Å². The van der Waals surface area contributed by atoms with Crippen LogP contribution in [-0.4, -0.2) is 70.6 Å². The van der Waals surface area contributed by atoms with Gasteiger partial charge in [-0.3, -0.25) is 14.6 Å². The van der Waals surface area contributed by atoms with Crippen LogP contribution in [0.25, 0.3) is 0 Å². The minimum atomic E-state index is -0.367. The molecular formula is C25H32N6O3. The van der Waals surface area contributed by atoms with Gasteiger partial charge in [0.1, 0.15) is 12.4 Å². The second-order valence-electron chi connectivity index (χ2n) is 8.66. The largest absolute Gasteiger partial charge is 0.447 e. The summed E-state index contributed by atoms with van der Waals surface area (Å²) in [4.78, 5) is 38.5. The molecule has 0 aliphatic carbocycles. The molecule has 4 rings (SSSR count). The van der Waals surface area contributed by atoms with Gasteiger partial charge in [0.2, 0.25) is 11.9 Å². The number of anilines is 2. The van der Waals surface area contributed by atoms with Crippen LogP contribution in [0, 0.1) is 0 Å². The lowest BCUT2D eigenvalue weighted by molar-refractivity contribution is -0.127. The van der Waals surface area contributed by atoms with Gasteiger partial charge in [0.05, 0.1) is 12.1 Å². The van der Waals surface area contributed by atoms with Gasteiger partial charge in [0, 0.05) is 38.9 Å². The first kappa shape index (κ1) is 23.7. The summed E-state index contributed by atoms with van der Waals surface area (Å²) >= 11 is 0. The number of hydrogen-bond acceptors (Lipinski definition) is 7. The highest BCUT2D eigenvalue weighted by Gasteiger charge is 2.34. The van der Waals surface area contributed by atoms with E-state index in [2.05, 4.69) is 58.0 Å². The van der Waals surface area contributed by atoms with E-state index in [1.54, 1.807) is 17.2 Å². The molecule has 34 heavy (non-hydrogen) atoms. The van der Waals surface area contributed by atoms with Crippen LogP contribution in [0.4, 0.5) is 16.6 Å². The lowest BCUT2D eigenvalue weighted by atomic mass is 10.1. The van der Waals surface area contributed by atoms with E-state index < -0.39 is 0 Å². The number of rotatable bonds is 8. The highest BCUT2D eigenvalue weighted by atomic mass is 16.6. The van der Waals surface area contributed by atoms with Gasteiger partial charge < -0.3 is 15.0 Å². The molecule has 0 saturated carbocycles. The summed E-state index contributed by atoms with van der Waals surface area (Å²) in [5.41, 5.74) is 2.35. The second kappa shape index (κ2) is 10.6. The fourth-order valence-electron chi connectivity index (χ4n) is 4.30. The molecule has 1 N–H and O–H groups in total. The molecule has 2 atom stereocenters. The fourth-order valence-corrected chi connectivity index (χ4v) is 4.30. The molecular weight excluding hydrogens is 432 g/mol. The van der Waals surface area contributed by atoms with Crippen molar-refractivity contribution >= 4 is 23.8 Å². The van der Waals surface area contributed by atoms with Crippen LogP contribution in [0.5, 0.6) is 0 Å². The Morgan fingerprint density at radius 2 is 1.97 bits per heavy atom. The first-order chi connectivity index (χ1) is 16.5. The van der Waals surface area contributed by atoms with Gasteiger partial charge in [0.15, 0.2) is 0 Å². The van der Waals surface area contributed by atoms with Gasteiger partial charge in [-0.25, -0.2) is 9.78 Å². The Morgan fingerprint density at radius 1 is 1.24 bits per heavy atom. The molecule has 0 spiro atoms. The molecule has 2 aliphatic heterocycles. The van der Waals surface area contributed by atoms with Crippen LogP contribution in [-0.2, 0) is 16.1 Å². The molecule has 0 unspecified atom stereocenters.